The molecule has 0 aromatic carbocycles. The second-order valence-electron chi connectivity index (χ2n) is 4.72. The lowest BCUT2D eigenvalue weighted by molar-refractivity contribution is 0.0846. The fourth-order valence-corrected chi connectivity index (χ4v) is 2.64. The second kappa shape index (κ2) is 7.41. The summed E-state index contributed by atoms with van der Waals surface area (Å²) in [4.78, 5) is 39.9. The molecule has 0 spiro atoms. The molecule has 3 heterocycles. The van der Waals surface area contributed by atoms with Crippen LogP contribution in [0.25, 0.3) is 0 Å². The lowest BCUT2D eigenvalue weighted by atomic mass is 10.3. The molecule has 0 bridgehead atoms. The van der Waals surface area contributed by atoms with Crippen LogP contribution in [0.2, 0.25) is 0 Å². The molecule has 0 aliphatic heterocycles. The maximum absolute atomic E-state index is 12.0. The van der Waals surface area contributed by atoms with E-state index < -0.39 is 17.7 Å². The largest absolute Gasteiger partial charge is 0.459 e. The standard InChI is InChI=1S/C16H12N4O4S/c21-14(10-4-1-2-8-17-10)19-20-16(23)12-6-7-13(25-12)18-15(22)11-5-3-9-24-11/h1-9H,(H,18,22)(H,19,21)(H,20,23). The molecule has 9 heteroatoms. The molecule has 0 unspecified atom stereocenters. The summed E-state index contributed by atoms with van der Waals surface area (Å²) >= 11 is 1.06. The Balaban J connectivity index is 1.55. The third-order valence-corrected chi connectivity index (χ3v) is 4.00. The number of anilines is 1. The van der Waals surface area contributed by atoms with Gasteiger partial charge in [0.15, 0.2) is 5.76 Å². The summed E-state index contributed by atoms with van der Waals surface area (Å²) in [6.45, 7) is 0. The Bertz CT molecular complexity index is 890. The summed E-state index contributed by atoms with van der Waals surface area (Å²) < 4.78 is 4.99. The van der Waals surface area contributed by atoms with Crippen LogP contribution in [-0.2, 0) is 0 Å². The molecule has 3 N–H and O–H groups in total. The van der Waals surface area contributed by atoms with E-state index in [4.69, 9.17) is 4.42 Å². The molecule has 0 radical (unpaired) electrons. The minimum Gasteiger partial charge on any atom is -0.459 e. The number of carbonyl (C=O) groups excluding carboxylic acids is 3. The number of thiophene rings is 1. The van der Waals surface area contributed by atoms with Gasteiger partial charge in [-0.15, -0.1) is 11.3 Å². The third kappa shape index (κ3) is 4.09. The van der Waals surface area contributed by atoms with Crippen LogP contribution in [0.3, 0.4) is 0 Å². The van der Waals surface area contributed by atoms with E-state index in [2.05, 4.69) is 21.2 Å². The average Bonchev–Trinajstić information content (AvgIpc) is 3.32. The maximum Gasteiger partial charge on any atom is 0.291 e. The van der Waals surface area contributed by atoms with Gasteiger partial charge in [-0.1, -0.05) is 6.07 Å². The number of carbonyl (C=O) groups is 3. The normalized spacial score (nSPS) is 10.1. The Morgan fingerprint density at radius 1 is 0.920 bits per heavy atom. The predicted octanol–water partition coefficient (Wildman–Crippen LogP) is 2.06. The summed E-state index contributed by atoms with van der Waals surface area (Å²) in [6, 6.07) is 11.1. The van der Waals surface area contributed by atoms with E-state index in [1.807, 2.05) is 0 Å². The molecule has 0 aliphatic rings. The van der Waals surface area contributed by atoms with E-state index in [-0.39, 0.29) is 11.5 Å². The molecule has 0 saturated carbocycles. The van der Waals surface area contributed by atoms with Crippen LogP contribution < -0.4 is 16.2 Å². The number of aromatic nitrogens is 1. The zero-order valence-electron chi connectivity index (χ0n) is 12.7. The van der Waals surface area contributed by atoms with Gasteiger partial charge in [0, 0.05) is 6.20 Å². The molecule has 3 amide bonds. The smallest absolute Gasteiger partial charge is 0.291 e. The highest BCUT2D eigenvalue weighted by molar-refractivity contribution is 7.18. The van der Waals surface area contributed by atoms with Gasteiger partial charge in [-0.3, -0.25) is 30.2 Å². The van der Waals surface area contributed by atoms with Crippen molar-refractivity contribution in [2.75, 3.05) is 5.32 Å². The minimum absolute atomic E-state index is 0.169. The number of furan rings is 1. The number of nitrogens with zero attached hydrogens (tertiary/aromatic N) is 1. The first kappa shape index (κ1) is 16.4. The number of hydrogen-bond donors (Lipinski definition) is 3. The fourth-order valence-electron chi connectivity index (χ4n) is 1.84. The van der Waals surface area contributed by atoms with Crippen molar-refractivity contribution < 1.29 is 18.8 Å². The molecule has 0 aliphatic carbocycles. The zero-order chi connectivity index (χ0) is 17.6. The summed E-state index contributed by atoms with van der Waals surface area (Å²) in [5.41, 5.74) is 4.75. The molecule has 126 valence electrons. The summed E-state index contributed by atoms with van der Waals surface area (Å²) in [6.07, 6.45) is 2.87. The molecule has 3 aromatic heterocycles. The Morgan fingerprint density at radius 3 is 2.48 bits per heavy atom. The van der Waals surface area contributed by atoms with Gasteiger partial charge in [-0.05, 0) is 36.4 Å². The van der Waals surface area contributed by atoms with Crippen LogP contribution in [0, 0.1) is 0 Å². The highest BCUT2D eigenvalue weighted by Crippen LogP contribution is 2.22. The third-order valence-electron chi connectivity index (χ3n) is 3.00. The zero-order valence-corrected chi connectivity index (χ0v) is 13.5. The van der Waals surface area contributed by atoms with Crippen molar-refractivity contribution in [2.45, 2.75) is 0 Å². The number of hydrazine groups is 1. The van der Waals surface area contributed by atoms with E-state index in [1.165, 1.54) is 30.7 Å². The van der Waals surface area contributed by atoms with Crippen molar-refractivity contribution in [1.29, 1.82) is 0 Å². The van der Waals surface area contributed by atoms with Gasteiger partial charge in [0.1, 0.15) is 5.69 Å². The first-order valence-corrected chi connectivity index (χ1v) is 7.91. The lowest BCUT2D eigenvalue weighted by Gasteiger charge is -2.05. The fraction of sp³-hybridized carbons (Fsp3) is 0. The van der Waals surface area contributed by atoms with Crippen LogP contribution in [-0.4, -0.2) is 22.7 Å². The summed E-state index contributed by atoms with van der Waals surface area (Å²) in [7, 11) is 0. The first-order valence-electron chi connectivity index (χ1n) is 7.10. The molecule has 3 rings (SSSR count). The van der Waals surface area contributed by atoms with Gasteiger partial charge in [0.05, 0.1) is 16.1 Å². The van der Waals surface area contributed by atoms with E-state index in [0.717, 1.165) is 11.3 Å². The number of nitrogens with one attached hydrogen (secondary N) is 3. The molecule has 0 atom stereocenters. The van der Waals surface area contributed by atoms with E-state index in [1.54, 1.807) is 24.3 Å². The van der Waals surface area contributed by atoms with E-state index in [0.29, 0.717) is 9.88 Å². The number of amides is 3. The molecule has 0 fully saturated rings. The molecular weight excluding hydrogens is 344 g/mol. The predicted molar refractivity (Wildman–Crippen MR) is 90.1 cm³/mol. The molecule has 8 nitrogen and oxygen atoms in total. The van der Waals surface area contributed by atoms with Crippen molar-refractivity contribution in [3.8, 4) is 0 Å². The monoisotopic (exact) mass is 356 g/mol. The SMILES string of the molecule is O=C(NNC(=O)c1ccc(NC(=O)c2ccco2)s1)c1ccccn1. The highest BCUT2D eigenvalue weighted by atomic mass is 32.1. The minimum atomic E-state index is -0.531. The van der Waals surface area contributed by atoms with Crippen molar-refractivity contribution in [3.05, 3.63) is 71.3 Å². The van der Waals surface area contributed by atoms with Gasteiger partial charge in [-0.2, -0.15) is 0 Å². The van der Waals surface area contributed by atoms with Crippen molar-refractivity contribution >= 4 is 34.1 Å². The van der Waals surface area contributed by atoms with Crippen molar-refractivity contribution in [3.63, 3.8) is 0 Å². The molecule has 25 heavy (non-hydrogen) atoms. The van der Waals surface area contributed by atoms with Crippen molar-refractivity contribution in [2.24, 2.45) is 0 Å². The Hall–Kier alpha value is -3.46. The Morgan fingerprint density at radius 2 is 1.76 bits per heavy atom. The van der Waals surface area contributed by atoms with Crippen LogP contribution in [0.4, 0.5) is 5.00 Å². The van der Waals surface area contributed by atoms with Gasteiger partial charge in [0.2, 0.25) is 0 Å². The van der Waals surface area contributed by atoms with Gasteiger partial charge >= 0.3 is 0 Å². The summed E-state index contributed by atoms with van der Waals surface area (Å²) in [5.74, 6) is -1.28. The van der Waals surface area contributed by atoms with E-state index >= 15 is 0 Å². The second-order valence-corrected chi connectivity index (χ2v) is 5.80. The quantitative estimate of drug-likeness (QED) is 0.619. The van der Waals surface area contributed by atoms with Gasteiger partial charge in [-0.25, -0.2) is 0 Å². The highest BCUT2D eigenvalue weighted by Gasteiger charge is 2.14. The summed E-state index contributed by atoms with van der Waals surface area (Å²) in [5, 5.41) is 3.09. The van der Waals surface area contributed by atoms with Crippen LogP contribution in [0.5, 0.6) is 0 Å². The first-order chi connectivity index (χ1) is 12.1. The topological polar surface area (TPSA) is 113 Å². The number of hydrogen-bond acceptors (Lipinski definition) is 6. The van der Waals surface area contributed by atoms with Crippen LogP contribution in [0.15, 0.2) is 59.3 Å². The lowest BCUT2D eigenvalue weighted by Crippen LogP contribution is -2.41. The average molecular weight is 356 g/mol. The molecular formula is C16H12N4O4S. The van der Waals surface area contributed by atoms with Crippen LogP contribution >= 0.6 is 11.3 Å². The van der Waals surface area contributed by atoms with Crippen molar-refractivity contribution in [1.82, 2.24) is 15.8 Å². The Kier molecular flexibility index (Phi) is 4.86. The number of pyridine rings is 1. The van der Waals surface area contributed by atoms with Gasteiger partial charge in [0.25, 0.3) is 17.7 Å². The molecule has 3 aromatic rings. The van der Waals surface area contributed by atoms with Crippen LogP contribution in [0.1, 0.15) is 30.7 Å². The molecule has 0 saturated heterocycles. The van der Waals surface area contributed by atoms with E-state index in [9.17, 15) is 14.4 Å². The Labute approximate surface area is 145 Å². The maximum atomic E-state index is 12.0. The van der Waals surface area contributed by atoms with Gasteiger partial charge < -0.3 is 9.73 Å². The number of rotatable bonds is 4.